The monoisotopic (exact) mass is 580 g/mol. The van der Waals surface area contributed by atoms with Crippen molar-refractivity contribution in [1.82, 2.24) is 5.32 Å². The third-order valence-corrected chi connectivity index (χ3v) is 8.53. The Hall–Kier alpha value is -0.870. The molecule has 0 spiro atoms. The Kier molecular flexibility index (Phi) is 32.9. The van der Waals surface area contributed by atoms with E-state index in [1.165, 1.54) is 148 Å². The third kappa shape index (κ3) is 30.4. The smallest absolute Gasteiger partial charge is 0.220 e. The molecule has 0 fully saturated rings. The lowest BCUT2D eigenvalue weighted by atomic mass is 10.0. The summed E-state index contributed by atoms with van der Waals surface area (Å²) in [6.07, 6.45) is 39.7. The third-order valence-electron chi connectivity index (χ3n) is 8.53. The van der Waals surface area contributed by atoms with E-state index in [1.807, 2.05) is 0 Å². The fourth-order valence-corrected chi connectivity index (χ4v) is 5.65. The minimum Gasteiger partial charge on any atom is -0.394 e. The van der Waals surface area contributed by atoms with Crippen LogP contribution in [0.1, 0.15) is 200 Å². The molecule has 3 N–H and O–H groups in total. The van der Waals surface area contributed by atoms with Crippen LogP contribution in [0.15, 0.2) is 12.2 Å². The first-order valence-electron chi connectivity index (χ1n) is 18.4. The fourth-order valence-electron chi connectivity index (χ4n) is 5.65. The second-order valence-electron chi connectivity index (χ2n) is 12.6. The van der Waals surface area contributed by atoms with Crippen LogP contribution in [-0.2, 0) is 4.79 Å². The lowest BCUT2D eigenvalue weighted by molar-refractivity contribution is -0.123. The van der Waals surface area contributed by atoms with Gasteiger partial charge in [-0.1, -0.05) is 167 Å². The van der Waals surface area contributed by atoms with Crippen molar-refractivity contribution in [2.45, 2.75) is 212 Å². The van der Waals surface area contributed by atoms with E-state index >= 15 is 0 Å². The molecule has 1 amide bonds. The number of hydrogen-bond donors (Lipinski definition) is 3. The first-order chi connectivity index (χ1) is 20.2. The molecular weight excluding hydrogens is 506 g/mol. The number of nitrogens with one attached hydrogen (secondary N) is 1. The standard InChI is InChI=1S/C37H73NO3/c1-3-5-7-9-11-13-15-17-19-21-23-25-27-29-31-33-37(41)38-35(34-39)36(40)32-30-28-26-24-22-20-18-16-14-12-10-8-6-4-2/h13,15,35-36,39-40H,3-12,14,16-34H2,1-2H3,(H,38,41)/b15-13-. The van der Waals surface area contributed by atoms with E-state index in [4.69, 9.17) is 0 Å². The zero-order valence-corrected chi connectivity index (χ0v) is 27.8. The minimum absolute atomic E-state index is 0.0365. The SMILES string of the molecule is CCCCCC/C=C\CCCCCCCCCC(=O)NC(CO)C(O)CCCCCCCCCCCCCCCC. The molecule has 0 bridgehead atoms. The Bertz CT molecular complexity index is 550. The number of carbonyl (C=O) groups is 1. The molecule has 2 atom stereocenters. The number of rotatable bonds is 33. The molecule has 41 heavy (non-hydrogen) atoms. The van der Waals surface area contributed by atoms with E-state index in [1.54, 1.807) is 0 Å². The summed E-state index contributed by atoms with van der Waals surface area (Å²) in [5.41, 5.74) is 0. The summed E-state index contributed by atoms with van der Waals surface area (Å²) >= 11 is 0. The van der Waals surface area contributed by atoms with Crippen molar-refractivity contribution in [3.63, 3.8) is 0 Å². The van der Waals surface area contributed by atoms with Crippen molar-refractivity contribution >= 4 is 5.91 Å². The molecule has 4 heteroatoms. The molecule has 0 radical (unpaired) electrons. The topological polar surface area (TPSA) is 69.6 Å². The first kappa shape index (κ1) is 40.1. The highest BCUT2D eigenvalue weighted by molar-refractivity contribution is 5.76. The van der Waals surface area contributed by atoms with Crippen molar-refractivity contribution in [2.24, 2.45) is 0 Å². The normalized spacial score (nSPS) is 13.2. The fraction of sp³-hybridized carbons (Fsp3) is 0.919. The van der Waals surface area contributed by atoms with Crippen molar-refractivity contribution < 1.29 is 15.0 Å². The molecule has 0 aliphatic heterocycles. The maximum atomic E-state index is 12.3. The van der Waals surface area contributed by atoms with Gasteiger partial charge in [-0.25, -0.2) is 0 Å². The van der Waals surface area contributed by atoms with Gasteiger partial charge in [0.2, 0.25) is 5.91 Å². The molecule has 0 aliphatic rings. The lowest BCUT2D eigenvalue weighted by Gasteiger charge is -2.22. The summed E-state index contributed by atoms with van der Waals surface area (Å²) in [5.74, 6) is -0.0365. The van der Waals surface area contributed by atoms with E-state index in [0.29, 0.717) is 12.8 Å². The Morgan fingerprint density at radius 2 is 0.927 bits per heavy atom. The summed E-state index contributed by atoms with van der Waals surface area (Å²) in [5, 5.41) is 23.0. The van der Waals surface area contributed by atoms with Crippen LogP contribution in [0, 0.1) is 0 Å². The quantitative estimate of drug-likeness (QED) is 0.0535. The zero-order chi connectivity index (χ0) is 30.1. The van der Waals surface area contributed by atoms with E-state index in [-0.39, 0.29) is 12.5 Å². The van der Waals surface area contributed by atoms with Crippen LogP contribution in [0.2, 0.25) is 0 Å². The maximum absolute atomic E-state index is 12.3. The predicted molar refractivity (Wildman–Crippen MR) is 179 cm³/mol. The van der Waals surface area contributed by atoms with Gasteiger partial charge in [0.1, 0.15) is 0 Å². The highest BCUT2D eigenvalue weighted by Gasteiger charge is 2.19. The molecule has 4 nitrogen and oxygen atoms in total. The number of hydrogen-bond acceptors (Lipinski definition) is 3. The van der Waals surface area contributed by atoms with Crippen LogP contribution in [0.4, 0.5) is 0 Å². The van der Waals surface area contributed by atoms with Gasteiger partial charge in [0.25, 0.3) is 0 Å². The second kappa shape index (κ2) is 33.6. The van der Waals surface area contributed by atoms with Crippen LogP contribution in [-0.4, -0.2) is 34.9 Å². The predicted octanol–water partition coefficient (Wildman–Crippen LogP) is 10.7. The molecule has 0 saturated heterocycles. The summed E-state index contributed by atoms with van der Waals surface area (Å²) in [6, 6.07) is -0.533. The van der Waals surface area contributed by atoms with E-state index in [2.05, 4.69) is 31.3 Å². The van der Waals surface area contributed by atoms with Crippen molar-refractivity contribution in [3.05, 3.63) is 12.2 Å². The van der Waals surface area contributed by atoms with Crippen LogP contribution in [0.5, 0.6) is 0 Å². The zero-order valence-electron chi connectivity index (χ0n) is 27.8. The van der Waals surface area contributed by atoms with Crippen LogP contribution in [0.3, 0.4) is 0 Å². The van der Waals surface area contributed by atoms with E-state index in [9.17, 15) is 15.0 Å². The molecule has 0 aromatic heterocycles. The largest absolute Gasteiger partial charge is 0.394 e. The second-order valence-corrected chi connectivity index (χ2v) is 12.6. The molecule has 0 aromatic rings. The Morgan fingerprint density at radius 1 is 0.561 bits per heavy atom. The van der Waals surface area contributed by atoms with Gasteiger partial charge in [-0.15, -0.1) is 0 Å². The number of aliphatic hydroxyl groups excluding tert-OH is 2. The summed E-state index contributed by atoms with van der Waals surface area (Å²) in [6.45, 7) is 4.34. The number of allylic oxidation sites excluding steroid dienone is 2. The van der Waals surface area contributed by atoms with Crippen LogP contribution < -0.4 is 5.32 Å². The van der Waals surface area contributed by atoms with E-state index < -0.39 is 12.1 Å². The average Bonchev–Trinajstić information content (AvgIpc) is 2.97. The van der Waals surface area contributed by atoms with Gasteiger partial charge in [0.05, 0.1) is 18.8 Å². The highest BCUT2D eigenvalue weighted by atomic mass is 16.3. The lowest BCUT2D eigenvalue weighted by Crippen LogP contribution is -2.45. The van der Waals surface area contributed by atoms with Crippen molar-refractivity contribution in [3.8, 4) is 0 Å². The van der Waals surface area contributed by atoms with Gasteiger partial charge in [0, 0.05) is 6.42 Å². The van der Waals surface area contributed by atoms with Gasteiger partial charge < -0.3 is 15.5 Å². The molecule has 0 heterocycles. The van der Waals surface area contributed by atoms with Crippen molar-refractivity contribution in [1.29, 1.82) is 0 Å². The molecule has 0 rings (SSSR count). The first-order valence-corrected chi connectivity index (χ1v) is 18.4. The summed E-state index contributed by atoms with van der Waals surface area (Å²) in [7, 11) is 0. The molecule has 244 valence electrons. The number of aliphatic hydroxyl groups is 2. The maximum Gasteiger partial charge on any atom is 0.220 e. The molecule has 0 aliphatic carbocycles. The van der Waals surface area contributed by atoms with Crippen molar-refractivity contribution in [2.75, 3.05) is 6.61 Å². The summed E-state index contributed by atoms with van der Waals surface area (Å²) in [4.78, 5) is 12.3. The molecule has 0 saturated carbocycles. The van der Waals surface area contributed by atoms with Gasteiger partial charge >= 0.3 is 0 Å². The molecule has 2 unspecified atom stereocenters. The van der Waals surface area contributed by atoms with E-state index in [0.717, 1.165) is 25.7 Å². The minimum atomic E-state index is -0.655. The Balaban J connectivity index is 3.56. The van der Waals surface area contributed by atoms with Crippen LogP contribution >= 0.6 is 0 Å². The Labute approximate surface area is 256 Å². The highest BCUT2D eigenvalue weighted by Crippen LogP contribution is 2.15. The van der Waals surface area contributed by atoms with Gasteiger partial charge in [-0.3, -0.25) is 4.79 Å². The number of amides is 1. The average molecular weight is 580 g/mol. The van der Waals surface area contributed by atoms with Gasteiger partial charge in [-0.05, 0) is 38.5 Å². The van der Waals surface area contributed by atoms with Gasteiger partial charge in [-0.2, -0.15) is 0 Å². The van der Waals surface area contributed by atoms with Crippen LogP contribution in [0.25, 0.3) is 0 Å². The number of unbranched alkanes of at least 4 members (excludes halogenated alkanes) is 24. The molecule has 0 aromatic carbocycles. The Morgan fingerprint density at radius 3 is 1.37 bits per heavy atom. The molecular formula is C37H73NO3. The number of carbonyl (C=O) groups excluding carboxylic acids is 1. The summed E-state index contributed by atoms with van der Waals surface area (Å²) < 4.78 is 0. The van der Waals surface area contributed by atoms with Gasteiger partial charge in [0.15, 0.2) is 0 Å².